The van der Waals surface area contributed by atoms with Crippen molar-refractivity contribution in [3.8, 4) is 11.3 Å². The number of benzene rings is 2. The first-order valence-electron chi connectivity index (χ1n) is 6.39. The van der Waals surface area contributed by atoms with Gasteiger partial charge in [-0.15, -0.1) is 0 Å². The maximum absolute atomic E-state index is 12.9. The molecular formula is C15H12BF3N-. The minimum absolute atomic E-state index is 0.603. The lowest BCUT2D eigenvalue weighted by molar-refractivity contribution is 0.449. The highest BCUT2D eigenvalue weighted by atomic mass is 19.4. The van der Waals surface area contributed by atoms with Crippen molar-refractivity contribution < 1.29 is 12.9 Å². The molecule has 1 heterocycles. The summed E-state index contributed by atoms with van der Waals surface area (Å²) in [5.41, 5.74) is 2.01. The van der Waals surface area contributed by atoms with E-state index in [9.17, 15) is 12.9 Å². The molecule has 102 valence electrons. The van der Waals surface area contributed by atoms with Gasteiger partial charge in [-0.05, 0) is 24.1 Å². The second-order valence-electron chi connectivity index (χ2n) is 4.78. The summed E-state index contributed by atoms with van der Waals surface area (Å²) in [6.07, 6.45) is -0.919. The normalized spacial score (nSPS) is 11.9. The van der Waals surface area contributed by atoms with E-state index in [0.717, 1.165) is 10.9 Å². The third-order valence-corrected chi connectivity index (χ3v) is 3.27. The Morgan fingerprint density at radius 2 is 1.50 bits per heavy atom. The number of hydrogen-bond donors (Lipinski definition) is 0. The second kappa shape index (κ2) is 4.74. The maximum Gasteiger partial charge on any atom is 0.497 e. The molecule has 1 nitrogen and oxygen atoms in total. The zero-order chi connectivity index (χ0) is 14.2. The number of nitrogens with zero attached hydrogens (tertiary/aromatic N) is 1. The van der Waals surface area contributed by atoms with Gasteiger partial charge in [0.1, 0.15) is 0 Å². The molecule has 0 radical (unpaired) electrons. The number of halogens is 3. The van der Waals surface area contributed by atoms with Gasteiger partial charge < -0.3 is 17.5 Å². The van der Waals surface area contributed by atoms with E-state index in [-0.39, 0.29) is 0 Å². The molecular weight excluding hydrogens is 262 g/mol. The lowest BCUT2D eigenvalue weighted by atomic mass is 9.92. The van der Waals surface area contributed by atoms with Crippen molar-refractivity contribution >= 4 is 17.9 Å². The smallest absolute Gasteiger partial charge is 0.448 e. The summed E-state index contributed by atoms with van der Waals surface area (Å²) in [6.45, 7) is -4.89. The highest BCUT2D eigenvalue weighted by Crippen LogP contribution is 2.30. The Morgan fingerprint density at radius 1 is 0.850 bits per heavy atom. The summed E-state index contributed by atoms with van der Waals surface area (Å²) in [7, 11) is 0. The van der Waals surface area contributed by atoms with Crippen LogP contribution in [0.5, 0.6) is 0 Å². The summed E-state index contributed by atoms with van der Waals surface area (Å²) in [4.78, 5) is 0. The minimum atomic E-state index is -4.89. The zero-order valence-electron chi connectivity index (χ0n) is 10.6. The largest absolute Gasteiger partial charge is 0.497 e. The van der Waals surface area contributed by atoms with E-state index in [1.54, 1.807) is 12.1 Å². The Hall–Kier alpha value is -2.17. The molecule has 3 aromatic rings. The quantitative estimate of drug-likeness (QED) is 0.610. The van der Waals surface area contributed by atoms with Gasteiger partial charge in [0.05, 0.1) is 0 Å². The van der Waals surface area contributed by atoms with Gasteiger partial charge in [-0.25, -0.2) is 0 Å². The predicted octanol–water partition coefficient (Wildman–Crippen LogP) is 4.69. The van der Waals surface area contributed by atoms with Crippen LogP contribution in [0, 0.1) is 0 Å². The van der Waals surface area contributed by atoms with Gasteiger partial charge in [0.2, 0.25) is 0 Å². The number of rotatable bonds is 3. The molecule has 0 aliphatic rings. The summed E-state index contributed by atoms with van der Waals surface area (Å²) < 4.78 is 40.0. The lowest BCUT2D eigenvalue weighted by Gasteiger charge is -2.18. The molecule has 1 aromatic heterocycles. The van der Waals surface area contributed by atoms with Crippen LogP contribution in [0.3, 0.4) is 0 Å². The Morgan fingerprint density at radius 3 is 2.20 bits per heavy atom. The summed E-state index contributed by atoms with van der Waals surface area (Å²) in [5, 5.41) is 0.825. The molecule has 0 atom stereocenters. The first-order valence-corrected chi connectivity index (χ1v) is 6.39. The fourth-order valence-electron chi connectivity index (χ4n) is 2.46. The van der Waals surface area contributed by atoms with Crippen molar-refractivity contribution in [2.45, 2.75) is 6.44 Å². The average molecular weight is 274 g/mol. The predicted molar refractivity (Wildman–Crippen MR) is 76.5 cm³/mol. The fraction of sp³-hybridized carbons (Fsp3) is 0.0667. The third-order valence-electron chi connectivity index (χ3n) is 3.27. The van der Waals surface area contributed by atoms with Crippen LogP contribution < -0.4 is 0 Å². The van der Waals surface area contributed by atoms with Crippen LogP contribution in [0.4, 0.5) is 12.9 Å². The van der Waals surface area contributed by atoms with E-state index < -0.39 is 13.4 Å². The van der Waals surface area contributed by atoms with E-state index in [1.807, 2.05) is 48.5 Å². The summed E-state index contributed by atoms with van der Waals surface area (Å²) in [5.74, 6) is 0. The Kier molecular flexibility index (Phi) is 3.05. The molecule has 0 spiro atoms. The fourth-order valence-corrected chi connectivity index (χ4v) is 2.46. The number of fused-ring (bicyclic) bond motifs is 1. The average Bonchev–Trinajstić information content (AvgIpc) is 2.77. The summed E-state index contributed by atoms with van der Waals surface area (Å²) >= 11 is 0. The van der Waals surface area contributed by atoms with E-state index >= 15 is 0 Å². The van der Waals surface area contributed by atoms with Crippen LogP contribution in [-0.2, 0) is 6.44 Å². The maximum atomic E-state index is 12.9. The molecule has 3 rings (SSSR count). The molecule has 0 aliphatic heterocycles. The number of hydrogen-bond acceptors (Lipinski definition) is 0. The summed E-state index contributed by atoms with van der Waals surface area (Å²) in [6, 6.07) is 18.1. The second-order valence-corrected chi connectivity index (χ2v) is 4.78. The molecule has 5 heteroatoms. The molecule has 20 heavy (non-hydrogen) atoms. The zero-order valence-corrected chi connectivity index (χ0v) is 10.6. The number of para-hydroxylation sites is 1. The van der Waals surface area contributed by atoms with Crippen LogP contribution in [0.2, 0.25) is 0 Å². The van der Waals surface area contributed by atoms with Crippen LogP contribution in [0.15, 0.2) is 60.7 Å². The van der Waals surface area contributed by atoms with Gasteiger partial charge in [0, 0.05) is 16.6 Å². The minimum Gasteiger partial charge on any atom is -0.448 e. The van der Waals surface area contributed by atoms with E-state index in [4.69, 9.17) is 0 Å². The van der Waals surface area contributed by atoms with Crippen molar-refractivity contribution in [3.05, 3.63) is 60.7 Å². The Labute approximate surface area is 114 Å². The molecule has 0 saturated carbocycles. The molecule has 0 bridgehead atoms. The molecule has 0 amide bonds. The van der Waals surface area contributed by atoms with E-state index in [1.165, 1.54) is 4.57 Å². The third kappa shape index (κ3) is 2.43. The Bertz CT molecular complexity index is 732. The van der Waals surface area contributed by atoms with E-state index in [0.29, 0.717) is 11.2 Å². The Balaban J connectivity index is 2.23. The van der Waals surface area contributed by atoms with Crippen LogP contribution in [-0.4, -0.2) is 11.5 Å². The molecule has 0 fully saturated rings. The van der Waals surface area contributed by atoms with Crippen molar-refractivity contribution in [2.24, 2.45) is 0 Å². The SMILES string of the molecule is F[B-](F)(F)Cn1c(-c2ccccc2)cc2ccccc21. The van der Waals surface area contributed by atoms with Gasteiger partial charge in [-0.3, -0.25) is 0 Å². The highest BCUT2D eigenvalue weighted by molar-refractivity contribution is 6.57. The van der Waals surface area contributed by atoms with Gasteiger partial charge >= 0.3 is 6.98 Å². The van der Waals surface area contributed by atoms with Crippen molar-refractivity contribution in [3.63, 3.8) is 0 Å². The van der Waals surface area contributed by atoms with Gasteiger partial charge in [0.25, 0.3) is 0 Å². The topological polar surface area (TPSA) is 4.93 Å². The monoisotopic (exact) mass is 274 g/mol. The van der Waals surface area contributed by atoms with Crippen LogP contribution >= 0.6 is 0 Å². The molecule has 0 unspecified atom stereocenters. The van der Waals surface area contributed by atoms with Gasteiger partial charge in [0.15, 0.2) is 0 Å². The van der Waals surface area contributed by atoms with Crippen molar-refractivity contribution in [1.82, 2.24) is 4.57 Å². The molecule has 0 aliphatic carbocycles. The standard InChI is InChI=1S/C15H12BF3N/c17-16(18,19)11-20-14-9-5-4-8-13(14)10-15(20)12-6-2-1-3-7-12/h1-10H,11H2/q-1. The molecule has 0 N–H and O–H groups in total. The molecule has 0 saturated heterocycles. The molecule has 2 aromatic carbocycles. The van der Waals surface area contributed by atoms with Gasteiger partial charge in [-0.1, -0.05) is 48.5 Å². The van der Waals surface area contributed by atoms with Gasteiger partial charge in [-0.2, -0.15) is 0 Å². The van der Waals surface area contributed by atoms with Crippen molar-refractivity contribution in [2.75, 3.05) is 0 Å². The first-order chi connectivity index (χ1) is 9.54. The van der Waals surface area contributed by atoms with Crippen molar-refractivity contribution in [1.29, 1.82) is 0 Å². The highest BCUT2D eigenvalue weighted by Gasteiger charge is 2.25. The van der Waals surface area contributed by atoms with Crippen LogP contribution in [0.25, 0.3) is 22.2 Å². The van der Waals surface area contributed by atoms with Crippen LogP contribution in [0.1, 0.15) is 0 Å². The number of aromatic nitrogens is 1. The first kappa shape index (κ1) is 12.8. The lowest BCUT2D eigenvalue weighted by Crippen LogP contribution is -2.24. The van der Waals surface area contributed by atoms with E-state index in [2.05, 4.69) is 0 Å².